The van der Waals surface area contributed by atoms with E-state index in [0.717, 1.165) is 12.3 Å². The maximum absolute atomic E-state index is 12.4. The lowest BCUT2D eigenvalue weighted by atomic mass is 10.00. The highest BCUT2D eigenvalue weighted by Crippen LogP contribution is 2.39. The molecule has 2 N–H and O–H groups in total. The minimum atomic E-state index is -4.39. The van der Waals surface area contributed by atoms with Gasteiger partial charge in [0.05, 0.1) is 17.7 Å². The summed E-state index contributed by atoms with van der Waals surface area (Å²) in [5.74, 6) is -0.453. The quantitative estimate of drug-likeness (QED) is 0.867. The Hall–Kier alpha value is -1.28. The Morgan fingerprint density at radius 1 is 1.52 bits per heavy atom. The molecule has 2 rings (SSSR count). The Kier molecular flexibility index (Phi) is 4.48. The zero-order chi connectivity index (χ0) is 15.7. The second-order valence-electron chi connectivity index (χ2n) is 5.01. The number of hydrogen-bond donors (Lipinski definition) is 1. The van der Waals surface area contributed by atoms with Gasteiger partial charge in [-0.25, -0.2) is 4.98 Å². The van der Waals surface area contributed by atoms with E-state index >= 15 is 0 Å². The van der Waals surface area contributed by atoms with Crippen LogP contribution in [0.5, 0.6) is 0 Å². The fourth-order valence-electron chi connectivity index (χ4n) is 2.31. The summed E-state index contributed by atoms with van der Waals surface area (Å²) in [4.78, 5) is 15.4. The number of hydrogen-bond acceptors (Lipinski definition) is 5. The van der Waals surface area contributed by atoms with Crippen LogP contribution in [0.4, 0.5) is 13.2 Å². The summed E-state index contributed by atoms with van der Waals surface area (Å²) >= 11 is 1.33. The van der Waals surface area contributed by atoms with Crippen molar-refractivity contribution in [2.24, 2.45) is 5.73 Å². The number of alkyl halides is 3. The lowest BCUT2D eigenvalue weighted by Gasteiger charge is -2.20. The van der Waals surface area contributed by atoms with Crippen molar-refractivity contribution in [2.75, 3.05) is 7.11 Å². The number of thioether (sulfide) groups is 1. The number of rotatable bonds is 3. The number of pyridine rings is 1. The van der Waals surface area contributed by atoms with Gasteiger partial charge in [0.25, 0.3) is 0 Å². The Morgan fingerprint density at radius 3 is 2.76 bits per heavy atom. The van der Waals surface area contributed by atoms with Gasteiger partial charge in [-0.15, -0.1) is 11.8 Å². The maximum Gasteiger partial charge on any atom is 0.417 e. The molecule has 0 saturated heterocycles. The molecular weight excluding hydrogens is 305 g/mol. The molecule has 1 aromatic heterocycles. The van der Waals surface area contributed by atoms with E-state index in [1.165, 1.54) is 24.9 Å². The van der Waals surface area contributed by atoms with Crippen molar-refractivity contribution in [3.05, 3.63) is 23.9 Å². The molecule has 8 heteroatoms. The topological polar surface area (TPSA) is 65.2 Å². The van der Waals surface area contributed by atoms with E-state index in [4.69, 9.17) is 5.73 Å². The van der Waals surface area contributed by atoms with Crippen molar-refractivity contribution in [1.29, 1.82) is 0 Å². The highest BCUT2D eigenvalue weighted by atomic mass is 32.2. The molecule has 2 unspecified atom stereocenters. The van der Waals surface area contributed by atoms with Gasteiger partial charge in [-0.3, -0.25) is 4.79 Å². The van der Waals surface area contributed by atoms with Crippen LogP contribution in [0.2, 0.25) is 0 Å². The van der Waals surface area contributed by atoms with Crippen molar-refractivity contribution in [2.45, 2.75) is 41.3 Å². The molecule has 1 fully saturated rings. The summed E-state index contributed by atoms with van der Waals surface area (Å²) in [5.41, 5.74) is 4.20. The summed E-state index contributed by atoms with van der Waals surface area (Å²) in [6.07, 6.45) is -1.96. The first-order chi connectivity index (χ1) is 9.74. The molecule has 0 amide bonds. The SMILES string of the molecule is COC(=O)C1(N)CCC(Sc2ccc(C(F)(F)F)cn2)C1. The average Bonchev–Trinajstić information content (AvgIpc) is 2.80. The molecule has 0 bridgehead atoms. The molecule has 2 atom stereocenters. The zero-order valence-corrected chi connectivity index (χ0v) is 12.1. The van der Waals surface area contributed by atoms with Crippen LogP contribution in [0.15, 0.2) is 23.4 Å². The van der Waals surface area contributed by atoms with Crippen LogP contribution in [0.1, 0.15) is 24.8 Å². The Bertz CT molecular complexity index is 521. The van der Waals surface area contributed by atoms with E-state index in [-0.39, 0.29) is 5.25 Å². The van der Waals surface area contributed by atoms with Crippen molar-refractivity contribution in [1.82, 2.24) is 4.98 Å². The average molecular weight is 320 g/mol. The molecule has 4 nitrogen and oxygen atoms in total. The van der Waals surface area contributed by atoms with E-state index in [9.17, 15) is 18.0 Å². The van der Waals surface area contributed by atoms with Crippen molar-refractivity contribution < 1.29 is 22.7 Å². The van der Waals surface area contributed by atoms with Gasteiger partial charge in [-0.2, -0.15) is 13.2 Å². The molecule has 1 aliphatic carbocycles. The fourth-order valence-corrected chi connectivity index (χ4v) is 3.52. The predicted molar refractivity (Wildman–Crippen MR) is 71.7 cm³/mol. The van der Waals surface area contributed by atoms with Crippen LogP contribution in [0, 0.1) is 0 Å². The lowest BCUT2D eigenvalue weighted by molar-refractivity contribution is -0.146. The van der Waals surface area contributed by atoms with Gasteiger partial charge in [0, 0.05) is 11.4 Å². The first kappa shape index (κ1) is 16.1. The molecular formula is C13H15F3N2O2S. The first-order valence-corrected chi connectivity index (χ1v) is 7.20. The van der Waals surface area contributed by atoms with E-state index in [2.05, 4.69) is 9.72 Å². The first-order valence-electron chi connectivity index (χ1n) is 6.32. The van der Waals surface area contributed by atoms with Gasteiger partial charge in [0.2, 0.25) is 0 Å². The van der Waals surface area contributed by atoms with Gasteiger partial charge >= 0.3 is 12.1 Å². The van der Waals surface area contributed by atoms with Gasteiger partial charge < -0.3 is 10.5 Å². The van der Waals surface area contributed by atoms with Gasteiger partial charge in [0.15, 0.2) is 0 Å². The highest BCUT2D eigenvalue weighted by Gasteiger charge is 2.43. The normalized spacial score (nSPS) is 25.9. The molecule has 1 aromatic rings. The van der Waals surface area contributed by atoms with Gasteiger partial charge in [0.1, 0.15) is 5.54 Å². The van der Waals surface area contributed by atoms with Crippen molar-refractivity contribution in [3.8, 4) is 0 Å². The van der Waals surface area contributed by atoms with Crippen LogP contribution in [-0.4, -0.2) is 28.9 Å². The summed E-state index contributed by atoms with van der Waals surface area (Å²) in [5, 5.41) is 0.528. The monoisotopic (exact) mass is 320 g/mol. The molecule has 0 aliphatic heterocycles. The third-order valence-corrected chi connectivity index (χ3v) is 4.67. The van der Waals surface area contributed by atoms with Crippen molar-refractivity contribution in [3.63, 3.8) is 0 Å². The molecule has 0 spiro atoms. The van der Waals surface area contributed by atoms with Crippen LogP contribution < -0.4 is 5.73 Å². The standard InChI is InChI=1S/C13H15F3N2O2S/c1-20-11(19)12(17)5-4-9(6-12)21-10-3-2-8(7-18-10)13(14,15)16/h2-3,7,9H,4-6,17H2,1H3. The summed E-state index contributed by atoms with van der Waals surface area (Å²) < 4.78 is 42.0. The van der Waals surface area contributed by atoms with E-state index in [0.29, 0.717) is 24.3 Å². The minimum Gasteiger partial charge on any atom is -0.468 e. The fraction of sp³-hybridized carbons (Fsp3) is 0.538. The number of esters is 1. The number of nitrogens with zero attached hydrogens (tertiary/aromatic N) is 1. The molecule has 1 aliphatic rings. The number of aromatic nitrogens is 1. The minimum absolute atomic E-state index is 0.0401. The Labute approximate surface area is 124 Å². The number of ether oxygens (including phenoxy) is 1. The van der Waals surface area contributed by atoms with Crippen molar-refractivity contribution >= 4 is 17.7 Å². The van der Waals surface area contributed by atoms with Crippen LogP contribution >= 0.6 is 11.8 Å². The molecule has 116 valence electrons. The maximum atomic E-state index is 12.4. The van der Waals surface area contributed by atoms with Gasteiger partial charge in [-0.05, 0) is 31.4 Å². The van der Waals surface area contributed by atoms with Crippen LogP contribution in [-0.2, 0) is 15.7 Å². The third kappa shape index (κ3) is 3.68. The van der Waals surface area contributed by atoms with E-state index in [1.54, 1.807) is 0 Å². The second kappa shape index (κ2) is 5.84. The van der Waals surface area contributed by atoms with E-state index < -0.39 is 23.2 Å². The summed E-state index contributed by atoms with van der Waals surface area (Å²) in [6, 6.07) is 2.34. The molecule has 1 heterocycles. The number of halogens is 3. The van der Waals surface area contributed by atoms with Crippen LogP contribution in [0.25, 0.3) is 0 Å². The van der Waals surface area contributed by atoms with E-state index in [1.807, 2.05) is 0 Å². The largest absolute Gasteiger partial charge is 0.468 e. The summed E-state index contributed by atoms with van der Waals surface area (Å²) in [7, 11) is 1.29. The zero-order valence-electron chi connectivity index (χ0n) is 11.3. The molecule has 0 aromatic carbocycles. The number of nitrogens with two attached hydrogens (primary N) is 1. The Balaban J connectivity index is 1.99. The highest BCUT2D eigenvalue weighted by molar-refractivity contribution is 7.99. The molecule has 0 radical (unpaired) electrons. The molecule has 21 heavy (non-hydrogen) atoms. The predicted octanol–water partition coefficient (Wildman–Crippen LogP) is 2.62. The molecule has 1 saturated carbocycles. The lowest BCUT2D eigenvalue weighted by Crippen LogP contribution is -2.46. The Morgan fingerprint density at radius 2 is 2.24 bits per heavy atom. The summed E-state index contributed by atoms with van der Waals surface area (Å²) in [6.45, 7) is 0. The number of carbonyl (C=O) groups is 1. The number of carbonyl (C=O) groups excluding carboxylic acids is 1. The third-order valence-electron chi connectivity index (χ3n) is 3.45. The smallest absolute Gasteiger partial charge is 0.417 e. The second-order valence-corrected chi connectivity index (χ2v) is 6.33. The number of methoxy groups -OCH3 is 1. The van der Waals surface area contributed by atoms with Crippen LogP contribution in [0.3, 0.4) is 0 Å². The van der Waals surface area contributed by atoms with Gasteiger partial charge in [-0.1, -0.05) is 0 Å².